The number of carbonyl (C=O) groups excluding carboxylic acids is 1. The van der Waals surface area contributed by atoms with Crippen molar-refractivity contribution in [2.45, 2.75) is 20.4 Å². The maximum absolute atomic E-state index is 12.7. The van der Waals surface area contributed by atoms with Gasteiger partial charge in [-0.3, -0.25) is 4.79 Å². The van der Waals surface area contributed by atoms with Gasteiger partial charge in [0.1, 0.15) is 11.3 Å². The van der Waals surface area contributed by atoms with Crippen molar-refractivity contribution < 1.29 is 14.3 Å². The van der Waals surface area contributed by atoms with Gasteiger partial charge in [0.15, 0.2) is 4.80 Å². The van der Waals surface area contributed by atoms with Crippen LogP contribution in [0.25, 0.3) is 10.2 Å². The van der Waals surface area contributed by atoms with Gasteiger partial charge >= 0.3 is 0 Å². The number of thiazole rings is 1. The average molecular weight is 370 g/mol. The van der Waals surface area contributed by atoms with Crippen molar-refractivity contribution in [2.24, 2.45) is 4.99 Å². The molecule has 0 N–H and O–H groups in total. The first-order chi connectivity index (χ1) is 12.5. The molecular formula is C20H22N2O3S. The predicted octanol–water partition coefficient (Wildman–Crippen LogP) is 3.72. The first-order valence-electron chi connectivity index (χ1n) is 8.36. The molecule has 136 valence electrons. The van der Waals surface area contributed by atoms with E-state index in [9.17, 15) is 4.79 Å². The van der Waals surface area contributed by atoms with E-state index in [1.54, 1.807) is 14.2 Å². The van der Waals surface area contributed by atoms with Gasteiger partial charge in [-0.05, 0) is 49.2 Å². The minimum atomic E-state index is -0.246. The highest BCUT2D eigenvalue weighted by atomic mass is 32.1. The van der Waals surface area contributed by atoms with Crippen LogP contribution in [0.2, 0.25) is 0 Å². The topological polar surface area (TPSA) is 52.8 Å². The summed E-state index contributed by atoms with van der Waals surface area (Å²) >= 11 is 1.47. The molecule has 0 atom stereocenters. The van der Waals surface area contributed by atoms with Gasteiger partial charge in [0, 0.05) is 19.2 Å². The van der Waals surface area contributed by atoms with Gasteiger partial charge in [0.25, 0.3) is 5.91 Å². The summed E-state index contributed by atoms with van der Waals surface area (Å²) < 4.78 is 13.7. The van der Waals surface area contributed by atoms with Crippen molar-refractivity contribution in [3.05, 3.63) is 57.9 Å². The number of carbonyl (C=O) groups is 1. The molecule has 0 saturated carbocycles. The number of ether oxygens (including phenoxy) is 2. The molecule has 2 aromatic carbocycles. The molecule has 0 fully saturated rings. The van der Waals surface area contributed by atoms with E-state index < -0.39 is 0 Å². The molecule has 3 aromatic rings. The first kappa shape index (κ1) is 18.4. The minimum absolute atomic E-state index is 0.246. The van der Waals surface area contributed by atoms with Gasteiger partial charge < -0.3 is 14.0 Å². The minimum Gasteiger partial charge on any atom is -0.495 e. The Hall–Kier alpha value is -2.44. The van der Waals surface area contributed by atoms with Crippen LogP contribution >= 0.6 is 11.3 Å². The maximum atomic E-state index is 12.7. The average Bonchev–Trinajstić information content (AvgIpc) is 2.99. The molecule has 6 heteroatoms. The third-order valence-electron chi connectivity index (χ3n) is 4.35. The number of methoxy groups -OCH3 is 2. The zero-order valence-electron chi connectivity index (χ0n) is 15.4. The number of hydrogen-bond acceptors (Lipinski definition) is 4. The van der Waals surface area contributed by atoms with Crippen molar-refractivity contribution in [3.63, 3.8) is 0 Å². The molecule has 1 heterocycles. The molecule has 26 heavy (non-hydrogen) atoms. The summed E-state index contributed by atoms with van der Waals surface area (Å²) in [5.74, 6) is 0.514. The molecule has 0 aliphatic rings. The fourth-order valence-electron chi connectivity index (χ4n) is 2.76. The molecule has 0 unspecified atom stereocenters. The monoisotopic (exact) mass is 370 g/mol. The lowest BCUT2D eigenvalue weighted by molar-refractivity contribution is 0.0997. The highest BCUT2D eigenvalue weighted by Crippen LogP contribution is 2.27. The van der Waals surface area contributed by atoms with E-state index in [-0.39, 0.29) is 5.91 Å². The number of rotatable bonds is 5. The zero-order chi connectivity index (χ0) is 18.7. The normalized spacial score (nSPS) is 11.9. The van der Waals surface area contributed by atoms with Gasteiger partial charge in [-0.15, -0.1) is 0 Å². The molecule has 1 amide bonds. The molecule has 3 rings (SSSR count). The Morgan fingerprint density at radius 2 is 1.96 bits per heavy atom. The molecule has 0 spiro atoms. The molecule has 5 nitrogen and oxygen atoms in total. The highest BCUT2D eigenvalue weighted by Gasteiger charge is 2.13. The van der Waals surface area contributed by atoms with Crippen LogP contribution in [-0.4, -0.2) is 31.3 Å². The van der Waals surface area contributed by atoms with Crippen LogP contribution in [0.5, 0.6) is 5.75 Å². The highest BCUT2D eigenvalue weighted by molar-refractivity contribution is 7.16. The fraction of sp³-hybridized carbons (Fsp3) is 0.300. The van der Waals surface area contributed by atoms with Crippen LogP contribution in [-0.2, 0) is 11.3 Å². The summed E-state index contributed by atoms with van der Waals surface area (Å²) in [5, 5.41) is 0. The SMILES string of the molecule is COCCn1c(=NC(=O)c2ccc(C)c(C)c2)sc2cccc(OC)c21. The van der Waals surface area contributed by atoms with E-state index in [1.807, 2.05) is 54.8 Å². The van der Waals surface area contributed by atoms with Gasteiger partial charge in [-0.1, -0.05) is 23.5 Å². The lowest BCUT2D eigenvalue weighted by Crippen LogP contribution is -2.19. The van der Waals surface area contributed by atoms with Crippen LogP contribution < -0.4 is 9.54 Å². The van der Waals surface area contributed by atoms with E-state index in [1.165, 1.54) is 11.3 Å². The number of nitrogens with zero attached hydrogens (tertiary/aromatic N) is 2. The Morgan fingerprint density at radius 1 is 1.15 bits per heavy atom. The number of amides is 1. The van der Waals surface area contributed by atoms with Crippen molar-refractivity contribution in [1.82, 2.24) is 4.57 Å². The summed E-state index contributed by atoms with van der Waals surface area (Å²) in [6, 6.07) is 11.5. The number of para-hydroxylation sites is 1. The molecule has 0 radical (unpaired) electrons. The largest absolute Gasteiger partial charge is 0.495 e. The van der Waals surface area contributed by atoms with Crippen LogP contribution in [0.15, 0.2) is 41.4 Å². The first-order valence-corrected chi connectivity index (χ1v) is 9.18. The predicted molar refractivity (Wildman–Crippen MR) is 104 cm³/mol. The third kappa shape index (κ3) is 3.57. The van der Waals surface area contributed by atoms with E-state index in [4.69, 9.17) is 9.47 Å². The number of fused-ring (bicyclic) bond motifs is 1. The Kier molecular flexibility index (Phi) is 5.54. The van der Waals surface area contributed by atoms with Gasteiger partial charge in [-0.25, -0.2) is 0 Å². The number of aromatic nitrogens is 1. The molecule has 0 saturated heterocycles. The summed E-state index contributed by atoms with van der Waals surface area (Å²) in [7, 11) is 3.30. The van der Waals surface area contributed by atoms with Gasteiger partial charge in [0.2, 0.25) is 0 Å². The lowest BCUT2D eigenvalue weighted by Gasteiger charge is -2.08. The Labute approximate surface area is 156 Å². The van der Waals surface area contributed by atoms with Crippen LogP contribution in [0.3, 0.4) is 0 Å². The smallest absolute Gasteiger partial charge is 0.279 e. The summed E-state index contributed by atoms with van der Waals surface area (Å²) in [6.07, 6.45) is 0. The van der Waals surface area contributed by atoms with E-state index in [0.717, 1.165) is 27.1 Å². The second-order valence-electron chi connectivity index (χ2n) is 6.05. The molecular weight excluding hydrogens is 348 g/mol. The van der Waals surface area contributed by atoms with Crippen molar-refractivity contribution in [1.29, 1.82) is 0 Å². The summed E-state index contributed by atoms with van der Waals surface area (Å²) in [6.45, 7) is 5.14. The van der Waals surface area contributed by atoms with Crippen LogP contribution in [0, 0.1) is 13.8 Å². The second-order valence-corrected chi connectivity index (χ2v) is 7.06. The van der Waals surface area contributed by atoms with Crippen LogP contribution in [0.1, 0.15) is 21.5 Å². The van der Waals surface area contributed by atoms with E-state index >= 15 is 0 Å². The quantitative estimate of drug-likeness (QED) is 0.688. The maximum Gasteiger partial charge on any atom is 0.279 e. The van der Waals surface area contributed by atoms with E-state index in [0.29, 0.717) is 23.5 Å². The Balaban J connectivity index is 2.14. The summed E-state index contributed by atoms with van der Waals surface area (Å²) in [5.41, 5.74) is 3.76. The van der Waals surface area contributed by atoms with Gasteiger partial charge in [0.05, 0.1) is 18.4 Å². The standard InChI is InChI=1S/C20H22N2O3S/c1-13-8-9-15(12-14(13)2)19(23)21-20-22(10-11-24-3)18-16(25-4)6-5-7-17(18)26-20/h5-9,12H,10-11H2,1-4H3. The Bertz CT molecular complexity index is 1020. The number of hydrogen-bond donors (Lipinski definition) is 0. The van der Waals surface area contributed by atoms with Crippen molar-refractivity contribution >= 4 is 27.5 Å². The molecule has 0 aliphatic heterocycles. The molecule has 0 aliphatic carbocycles. The van der Waals surface area contributed by atoms with Crippen molar-refractivity contribution in [2.75, 3.05) is 20.8 Å². The number of benzene rings is 2. The summed E-state index contributed by atoms with van der Waals surface area (Å²) in [4.78, 5) is 17.7. The zero-order valence-corrected chi connectivity index (χ0v) is 16.2. The third-order valence-corrected chi connectivity index (χ3v) is 5.40. The fourth-order valence-corrected chi connectivity index (χ4v) is 3.84. The molecule has 0 bridgehead atoms. The number of aryl methyl sites for hydroxylation is 2. The van der Waals surface area contributed by atoms with Gasteiger partial charge in [-0.2, -0.15) is 4.99 Å². The van der Waals surface area contributed by atoms with Crippen molar-refractivity contribution in [3.8, 4) is 5.75 Å². The van der Waals surface area contributed by atoms with E-state index in [2.05, 4.69) is 4.99 Å². The van der Waals surface area contributed by atoms with Crippen LogP contribution in [0.4, 0.5) is 0 Å². The Morgan fingerprint density at radius 3 is 2.65 bits per heavy atom. The molecule has 1 aromatic heterocycles. The second kappa shape index (κ2) is 7.85. The lowest BCUT2D eigenvalue weighted by atomic mass is 10.1.